The van der Waals surface area contributed by atoms with Crippen molar-refractivity contribution in [3.05, 3.63) is 28.8 Å². The van der Waals surface area contributed by atoms with Crippen LogP contribution in [-0.2, 0) is 10.0 Å². The van der Waals surface area contributed by atoms with E-state index < -0.39 is 10.0 Å². The molecule has 4 nitrogen and oxygen atoms in total. The van der Waals surface area contributed by atoms with Crippen LogP contribution in [0.1, 0.15) is 18.9 Å². The van der Waals surface area contributed by atoms with Crippen molar-refractivity contribution in [2.24, 2.45) is 5.92 Å². The molecule has 1 aliphatic rings. The normalized spacial score (nSPS) is 19.6. The van der Waals surface area contributed by atoms with Gasteiger partial charge in [-0.2, -0.15) is 0 Å². The fraction of sp³-hybridized carbons (Fsp3) is 0.571. The minimum Gasteiger partial charge on any atom is -0.371 e. The maximum atomic E-state index is 11.5. The summed E-state index contributed by atoms with van der Waals surface area (Å²) in [5, 5.41) is 0.737. The van der Waals surface area contributed by atoms with E-state index >= 15 is 0 Å². The predicted octanol–water partition coefficient (Wildman–Crippen LogP) is 2.41. The Morgan fingerprint density at radius 1 is 1.45 bits per heavy atom. The molecule has 1 aromatic carbocycles. The maximum Gasteiger partial charge on any atom is 0.211 e. The molecule has 1 atom stereocenters. The van der Waals surface area contributed by atoms with Gasteiger partial charge in [-0.15, -0.1) is 0 Å². The quantitative estimate of drug-likeness (QED) is 0.907. The maximum absolute atomic E-state index is 11.5. The van der Waals surface area contributed by atoms with Crippen molar-refractivity contribution in [1.29, 1.82) is 0 Å². The Labute approximate surface area is 126 Å². The third kappa shape index (κ3) is 3.87. The molecule has 20 heavy (non-hydrogen) atoms. The Bertz CT molecular complexity index is 575. The smallest absolute Gasteiger partial charge is 0.211 e. The highest BCUT2D eigenvalue weighted by atomic mass is 35.5. The standard InChI is InChI=1S/C14H21ClN2O2S/c1-3-20(18,19)16-9-12-6-7-17(10-12)14-8-13(15)5-4-11(14)2/h4-5,8,12,16H,3,6-7,9-10H2,1-2H3. The molecular formula is C14H21ClN2O2S. The summed E-state index contributed by atoms with van der Waals surface area (Å²) in [6, 6.07) is 5.89. The van der Waals surface area contributed by atoms with Crippen LogP contribution >= 0.6 is 11.6 Å². The van der Waals surface area contributed by atoms with Crippen molar-refractivity contribution in [2.45, 2.75) is 20.3 Å². The van der Waals surface area contributed by atoms with Crippen molar-refractivity contribution in [3.8, 4) is 0 Å². The van der Waals surface area contributed by atoms with Gasteiger partial charge in [0.15, 0.2) is 0 Å². The molecule has 1 aromatic rings. The molecule has 1 aliphatic heterocycles. The van der Waals surface area contributed by atoms with Gasteiger partial charge in [0, 0.05) is 30.3 Å². The van der Waals surface area contributed by atoms with Crippen LogP contribution in [0.3, 0.4) is 0 Å². The lowest BCUT2D eigenvalue weighted by Gasteiger charge is -2.21. The summed E-state index contributed by atoms with van der Waals surface area (Å²) in [6.07, 6.45) is 0.998. The van der Waals surface area contributed by atoms with Crippen LogP contribution in [-0.4, -0.2) is 33.8 Å². The zero-order valence-electron chi connectivity index (χ0n) is 11.9. The molecule has 1 unspecified atom stereocenters. The van der Waals surface area contributed by atoms with E-state index in [1.807, 2.05) is 18.2 Å². The Morgan fingerprint density at radius 2 is 2.20 bits per heavy atom. The summed E-state index contributed by atoms with van der Waals surface area (Å²) in [4.78, 5) is 2.28. The number of hydrogen-bond acceptors (Lipinski definition) is 3. The van der Waals surface area contributed by atoms with Gasteiger partial charge < -0.3 is 4.90 Å². The van der Waals surface area contributed by atoms with E-state index in [2.05, 4.69) is 16.5 Å². The Morgan fingerprint density at radius 3 is 2.90 bits per heavy atom. The second-order valence-corrected chi connectivity index (χ2v) is 7.82. The summed E-state index contributed by atoms with van der Waals surface area (Å²) in [7, 11) is -3.09. The molecule has 6 heteroatoms. The second kappa shape index (κ2) is 6.33. The molecule has 1 saturated heterocycles. The minimum absolute atomic E-state index is 0.136. The van der Waals surface area contributed by atoms with Crippen LogP contribution in [0, 0.1) is 12.8 Å². The van der Waals surface area contributed by atoms with Crippen LogP contribution in [0.4, 0.5) is 5.69 Å². The van der Waals surface area contributed by atoms with E-state index in [-0.39, 0.29) is 5.75 Å². The first kappa shape index (κ1) is 15.6. The van der Waals surface area contributed by atoms with Crippen LogP contribution in [0.2, 0.25) is 5.02 Å². The van der Waals surface area contributed by atoms with Gasteiger partial charge in [-0.05, 0) is 43.9 Å². The number of sulfonamides is 1. The lowest BCUT2D eigenvalue weighted by molar-refractivity contribution is 0.542. The van der Waals surface area contributed by atoms with Crippen molar-refractivity contribution < 1.29 is 8.42 Å². The lowest BCUT2D eigenvalue weighted by Crippen LogP contribution is -2.32. The highest BCUT2D eigenvalue weighted by Crippen LogP contribution is 2.29. The summed E-state index contributed by atoms with van der Waals surface area (Å²) in [5.74, 6) is 0.492. The first-order valence-electron chi connectivity index (χ1n) is 6.89. The average Bonchev–Trinajstić information content (AvgIpc) is 2.88. The summed E-state index contributed by atoms with van der Waals surface area (Å²) < 4.78 is 25.6. The first-order chi connectivity index (χ1) is 9.41. The van der Waals surface area contributed by atoms with Crippen molar-refractivity contribution in [2.75, 3.05) is 30.3 Å². The lowest BCUT2D eigenvalue weighted by atomic mass is 10.1. The molecule has 0 amide bonds. The van der Waals surface area contributed by atoms with Gasteiger partial charge in [0.25, 0.3) is 0 Å². The molecule has 1 N–H and O–H groups in total. The summed E-state index contributed by atoms with van der Waals surface area (Å²) >= 11 is 6.05. The number of hydrogen-bond donors (Lipinski definition) is 1. The van der Waals surface area contributed by atoms with Gasteiger partial charge in [0.2, 0.25) is 10.0 Å². The summed E-state index contributed by atoms with van der Waals surface area (Å²) in [6.45, 7) is 6.05. The predicted molar refractivity (Wildman–Crippen MR) is 84.0 cm³/mol. The first-order valence-corrected chi connectivity index (χ1v) is 8.92. The molecule has 0 saturated carbocycles. The van der Waals surface area contributed by atoms with E-state index in [1.54, 1.807) is 6.92 Å². The van der Waals surface area contributed by atoms with Crippen molar-refractivity contribution in [3.63, 3.8) is 0 Å². The fourth-order valence-corrected chi connectivity index (χ4v) is 3.35. The minimum atomic E-state index is -3.09. The van der Waals surface area contributed by atoms with Crippen LogP contribution in [0.25, 0.3) is 0 Å². The summed E-state index contributed by atoms with van der Waals surface area (Å²) in [5.41, 5.74) is 2.35. The molecule has 0 spiro atoms. The van der Waals surface area contributed by atoms with Crippen LogP contribution < -0.4 is 9.62 Å². The molecule has 0 radical (unpaired) electrons. The molecule has 0 bridgehead atoms. The number of benzene rings is 1. The highest BCUT2D eigenvalue weighted by Gasteiger charge is 2.24. The van der Waals surface area contributed by atoms with Gasteiger partial charge in [-0.1, -0.05) is 17.7 Å². The van der Waals surface area contributed by atoms with Crippen molar-refractivity contribution >= 4 is 27.3 Å². The van der Waals surface area contributed by atoms with E-state index in [0.29, 0.717) is 12.5 Å². The number of nitrogens with zero attached hydrogens (tertiary/aromatic N) is 1. The van der Waals surface area contributed by atoms with Gasteiger partial charge in [0.1, 0.15) is 0 Å². The highest BCUT2D eigenvalue weighted by molar-refractivity contribution is 7.89. The molecule has 0 aromatic heterocycles. The van der Waals surface area contributed by atoms with Gasteiger partial charge in [-0.3, -0.25) is 0 Å². The largest absolute Gasteiger partial charge is 0.371 e. The third-order valence-electron chi connectivity index (χ3n) is 3.77. The number of halogens is 1. The van der Waals surface area contributed by atoms with Crippen LogP contribution in [0.15, 0.2) is 18.2 Å². The van der Waals surface area contributed by atoms with Crippen LogP contribution in [0.5, 0.6) is 0 Å². The molecule has 2 rings (SSSR count). The van der Waals surface area contributed by atoms with E-state index in [4.69, 9.17) is 11.6 Å². The van der Waals surface area contributed by atoms with Gasteiger partial charge >= 0.3 is 0 Å². The Balaban J connectivity index is 1.97. The monoisotopic (exact) mass is 316 g/mol. The van der Waals surface area contributed by atoms with Gasteiger partial charge in [-0.25, -0.2) is 13.1 Å². The topological polar surface area (TPSA) is 49.4 Å². The average molecular weight is 317 g/mol. The Kier molecular flexibility index (Phi) is 4.94. The number of aryl methyl sites for hydroxylation is 1. The van der Waals surface area contributed by atoms with E-state index in [9.17, 15) is 8.42 Å². The molecular weight excluding hydrogens is 296 g/mol. The third-order valence-corrected chi connectivity index (χ3v) is 5.37. The molecule has 1 heterocycles. The van der Waals surface area contributed by atoms with Gasteiger partial charge in [0.05, 0.1) is 5.75 Å². The number of rotatable bonds is 5. The van der Waals surface area contributed by atoms with E-state index in [1.165, 1.54) is 5.56 Å². The fourth-order valence-electron chi connectivity index (χ4n) is 2.49. The zero-order valence-corrected chi connectivity index (χ0v) is 13.5. The number of nitrogens with one attached hydrogen (secondary N) is 1. The SMILES string of the molecule is CCS(=O)(=O)NCC1CCN(c2cc(Cl)ccc2C)C1. The number of anilines is 1. The van der Waals surface area contributed by atoms with Crippen molar-refractivity contribution in [1.82, 2.24) is 4.72 Å². The molecule has 0 aliphatic carbocycles. The molecule has 112 valence electrons. The molecule has 1 fully saturated rings. The van der Waals surface area contributed by atoms with E-state index in [0.717, 1.165) is 30.2 Å². The second-order valence-electron chi connectivity index (χ2n) is 5.28. The Hall–Kier alpha value is -0.780. The zero-order chi connectivity index (χ0) is 14.8.